The quantitative estimate of drug-likeness (QED) is 0.743. The van der Waals surface area contributed by atoms with Crippen molar-refractivity contribution in [3.8, 4) is 18.0 Å². The van der Waals surface area contributed by atoms with Gasteiger partial charge in [-0.1, -0.05) is 18.1 Å². The van der Waals surface area contributed by atoms with Gasteiger partial charge in [-0.15, -0.1) is 6.42 Å². The SMILES string of the molecule is C#CC(O)c1ccc(-n2ccnc2)cc1. The monoisotopic (exact) mass is 198 g/mol. The Labute approximate surface area is 88.0 Å². The van der Waals surface area contributed by atoms with Gasteiger partial charge in [-0.25, -0.2) is 4.98 Å². The maximum atomic E-state index is 9.40. The smallest absolute Gasteiger partial charge is 0.139 e. The molecule has 2 rings (SSSR count). The zero-order valence-corrected chi connectivity index (χ0v) is 8.04. The van der Waals surface area contributed by atoms with Crippen molar-refractivity contribution in [3.63, 3.8) is 0 Å². The summed E-state index contributed by atoms with van der Waals surface area (Å²) in [5.41, 5.74) is 1.71. The van der Waals surface area contributed by atoms with Gasteiger partial charge in [0.05, 0.1) is 6.33 Å². The van der Waals surface area contributed by atoms with Crippen LogP contribution in [0.1, 0.15) is 11.7 Å². The number of hydrogen-bond acceptors (Lipinski definition) is 2. The highest BCUT2D eigenvalue weighted by Crippen LogP contribution is 2.14. The number of aliphatic hydroxyl groups excluding tert-OH is 1. The highest BCUT2D eigenvalue weighted by Gasteiger charge is 2.02. The van der Waals surface area contributed by atoms with Gasteiger partial charge in [0.25, 0.3) is 0 Å². The topological polar surface area (TPSA) is 38.0 Å². The Hall–Kier alpha value is -2.05. The van der Waals surface area contributed by atoms with E-state index in [1.165, 1.54) is 0 Å². The van der Waals surface area contributed by atoms with Gasteiger partial charge in [0.15, 0.2) is 0 Å². The van der Waals surface area contributed by atoms with Crippen molar-refractivity contribution in [2.45, 2.75) is 6.10 Å². The first kappa shape index (κ1) is 9.50. The molecule has 1 atom stereocenters. The first-order valence-corrected chi connectivity index (χ1v) is 4.54. The van der Waals surface area contributed by atoms with Crippen molar-refractivity contribution < 1.29 is 5.11 Å². The molecule has 1 N–H and O–H groups in total. The summed E-state index contributed by atoms with van der Waals surface area (Å²) < 4.78 is 1.88. The van der Waals surface area contributed by atoms with Crippen LogP contribution >= 0.6 is 0 Å². The average molecular weight is 198 g/mol. The molecular formula is C12H10N2O. The molecule has 0 amide bonds. The fraction of sp³-hybridized carbons (Fsp3) is 0.0833. The molecule has 3 nitrogen and oxygen atoms in total. The van der Waals surface area contributed by atoms with Gasteiger partial charge in [-0.3, -0.25) is 0 Å². The van der Waals surface area contributed by atoms with E-state index >= 15 is 0 Å². The van der Waals surface area contributed by atoms with Crippen LogP contribution in [0.15, 0.2) is 43.0 Å². The van der Waals surface area contributed by atoms with Crippen LogP contribution in [0, 0.1) is 12.3 Å². The molecule has 0 aliphatic rings. The van der Waals surface area contributed by atoms with E-state index in [-0.39, 0.29) is 0 Å². The third-order valence-electron chi connectivity index (χ3n) is 2.17. The second-order valence-corrected chi connectivity index (χ2v) is 3.13. The summed E-state index contributed by atoms with van der Waals surface area (Å²) in [6.45, 7) is 0. The Balaban J connectivity index is 2.30. The summed E-state index contributed by atoms with van der Waals surface area (Å²) in [4.78, 5) is 3.95. The molecule has 0 fully saturated rings. The van der Waals surface area contributed by atoms with E-state index in [9.17, 15) is 5.11 Å². The Morgan fingerprint density at radius 2 is 2.07 bits per heavy atom. The van der Waals surface area contributed by atoms with E-state index in [1.807, 2.05) is 22.9 Å². The first-order chi connectivity index (χ1) is 7.31. The summed E-state index contributed by atoms with van der Waals surface area (Å²) in [6.07, 6.45) is 9.57. The maximum absolute atomic E-state index is 9.40. The molecule has 15 heavy (non-hydrogen) atoms. The fourth-order valence-electron chi connectivity index (χ4n) is 1.34. The fourth-order valence-corrected chi connectivity index (χ4v) is 1.34. The maximum Gasteiger partial charge on any atom is 0.139 e. The van der Waals surface area contributed by atoms with Crippen LogP contribution in [-0.4, -0.2) is 14.7 Å². The molecule has 3 heteroatoms. The standard InChI is InChI=1S/C12H10N2O/c1-2-12(15)10-3-5-11(6-4-10)14-8-7-13-9-14/h1,3-9,12,15H. The minimum absolute atomic E-state index is 0.723. The van der Waals surface area contributed by atoms with Crippen molar-refractivity contribution in [2.75, 3.05) is 0 Å². The highest BCUT2D eigenvalue weighted by molar-refractivity contribution is 5.36. The molecule has 0 spiro atoms. The average Bonchev–Trinajstić information content (AvgIpc) is 2.82. The van der Waals surface area contributed by atoms with Gasteiger partial charge >= 0.3 is 0 Å². The molecule has 0 aliphatic heterocycles. The number of rotatable bonds is 2. The molecule has 1 aromatic heterocycles. The van der Waals surface area contributed by atoms with Crippen molar-refractivity contribution in [1.82, 2.24) is 9.55 Å². The van der Waals surface area contributed by atoms with E-state index in [0.717, 1.165) is 11.3 Å². The Morgan fingerprint density at radius 3 is 2.60 bits per heavy atom. The molecule has 0 bridgehead atoms. The molecule has 0 saturated carbocycles. The zero-order chi connectivity index (χ0) is 10.7. The van der Waals surface area contributed by atoms with Crippen LogP contribution < -0.4 is 0 Å². The van der Waals surface area contributed by atoms with E-state index < -0.39 is 6.10 Å². The van der Waals surface area contributed by atoms with Gasteiger partial charge in [-0.05, 0) is 17.7 Å². The molecule has 0 aliphatic carbocycles. The lowest BCUT2D eigenvalue weighted by molar-refractivity contribution is 0.238. The number of benzene rings is 1. The second kappa shape index (κ2) is 3.99. The Bertz CT molecular complexity index is 465. The number of nitrogens with zero attached hydrogens (tertiary/aromatic N) is 2. The number of aromatic nitrogens is 2. The molecule has 2 aromatic rings. The van der Waals surface area contributed by atoms with Crippen molar-refractivity contribution in [3.05, 3.63) is 48.5 Å². The lowest BCUT2D eigenvalue weighted by atomic mass is 10.1. The Kier molecular flexibility index (Phi) is 2.53. The lowest BCUT2D eigenvalue weighted by Gasteiger charge is -2.05. The predicted molar refractivity (Wildman–Crippen MR) is 57.4 cm³/mol. The number of terminal acetylenes is 1. The predicted octanol–water partition coefficient (Wildman–Crippen LogP) is 1.54. The van der Waals surface area contributed by atoms with Crippen LogP contribution in [0.25, 0.3) is 5.69 Å². The van der Waals surface area contributed by atoms with Crippen molar-refractivity contribution >= 4 is 0 Å². The number of hydrogen-bond donors (Lipinski definition) is 1. The van der Waals surface area contributed by atoms with E-state index in [4.69, 9.17) is 6.42 Å². The normalized spacial score (nSPS) is 12.0. The summed E-state index contributed by atoms with van der Waals surface area (Å²) in [6, 6.07) is 7.38. The van der Waals surface area contributed by atoms with Gasteiger partial charge < -0.3 is 9.67 Å². The third-order valence-corrected chi connectivity index (χ3v) is 2.17. The number of imidazole rings is 1. The highest BCUT2D eigenvalue weighted by atomic mass is 16.3. The summed E-state index contributed by atoms with van der Waals surface area (Å²) in [5.74, 6) is 2.27. The van der Waals surface area contributed by atoms with E-state index in [1.54, 1.807) is 24.7 Å². The Morgan fingerprint density at radius 1 is 1.33 bits per heavy atom. The van der Waals surface area contributed by atoms with Crippen LogP contribution in [0.5, 0.6) is 0 Å². The van der Waals surface area contributed by atoms with Gasteiger partial charge in [0.1, 0.15) is 6.10 Å². The molecular weight excluding hydrogens is 188 g/mol. The van der Waals surface area contributed by atoms with Crippen LogP contribution in [-0.2, 0) is 0 Å². The summed E-state index contributed by atoms with van der Waals surface area (Å²) in [7, 11) is 0. The molecule has 0 radical (unpaired) electrons. The molecule has 74 valence electrons. The van der Waals surface area contributed by atoms with Crippen LogP contribution in [0.3, 0.4) is 0 Å². The third kappa shape index (κ3) is 1.90. The largest absolute Gasteiger partial charge is 0.376 e. The van der Waals surface area contributed by atoms with E-state index in [2.05, 4.69) is 10.9 Å². The number of aliphatic hydroxyl groups is 1. The molecule has 1 aromatic carbocycles. The van der Waals surface area contributed by atoms with E-state index in [0.29, 0.717) is 0 Å². The van der Waals surface area contributed by atoms with Crippen molar-refractivity contribution in [2.24, 2.45) is 0 Å². The lowest BCUT2D eigenvalue weighted by Crippen LogP contribution is -1.95. The van der Waals surface area contributed by atoms with Crippen LogP contribution in [0.2, 0.25) is 0 Å². The molecule has 1 heterocycles. The summed E-state index contributed by atoms with van der Waals surface area (Å²) in [5, 5.41) is 9.40. The molecule has 1 unspecified atom stereocenters. The molecule has 0 saturated heterocycles. The minimum Gasteiger partial charge on any atom is -0.376 e. The zero-order valence-electron chi connectivity index (χ0n) is 8.04. The first-order valence-electron chi connectivity index (χ1n) is 4.54. The second-order valence-electron chi connectivity index (χ2n) is 3.13. The van der Waals surface area contributed by atoms with Gasteiger partial charge in [-0.2, -0.15) is 0 Å². The minimum atomic E-state index is -0.832. The summed E-state index contributed by atoms with van der Waals surface area (Å²) >= 11 is 0. The van der Waals surface area contributed by atoms with Crippen LogP contribution in [0.4, 0.5) is 0 Å². The van der Waals surface area contributed by atoms with Crippen molar-refractivity contribution in [1.29, 1.82) is 0 Å². The van der Waals surface area contributed by atoms with Gasteiger partial charge in [0, 0.05) is 18.1 Å². The van der Waals surface area contributed by atoms with Gasteiger partial charge in [0.2, 0.25) is 0 Å².